The van der Waals surface area contributed by atoms with Crippen molar-refractivity contribution in [2.45, 2.75) is 26.4 Å². The number of rotatable bonds is 6. The third kappa shape index (κ3) is 4.53. The fraction of sp³-hybridized carbons (Fsp3) is 0.333. The summed E-state index contributed by atoms with van der Waals surface area (Å²) in [6.45, 7) is 3.90. The molecule has 8 heteroatoms. The van der Waals surface area contributed by atoms with Gasteiger partial charge in [0.2, 0.25) is 5.91 Å². The Morgan fingerprint density at radius 2 is 1.96 bits per heavy atom. The number of carbonyl (C=O) groups excluding carboxylic acids is 1. The van der Waals surface area contributed by atoms with Crippen molar-refractivity contribution >= 4 is 23.5 Å². The maximum absolute atomic E-state index is 12.2. The van der Waals surface area contributed by atoms with Gasteiger partial charge in [-0.3, -0.25) is 4.79 Å². The van der Waals surface area contributed by atoms with Crippen molar-refractivity contribution in [3.05, 3.63) is 46.7 Å². The second-order valence-electron chi connectivity index (χ2n) is 5.45. The topological polar surface area (TPSA) is 97.1 Å². The molecule has 2 rings (SSSR count). The van der Waals surface area contributed by atoms with Crippen LogP contribution in [0.1, 0.15) is 35.9 Å². The van der Waals surface area contributed by atoms with Crippen LogP contribution in [-0.2, 0) is 11.3 Å². The summed E-state index contributed by atoms with van der Waals surface area (Å²) in [5.74, 6) is -1.29. The van der Waals surface area contributed by atoms with Crippen molar-refractivity contribution in [1.82, 2.24) is 20.3 Å². The molecule has 0 bridgehead atoms. The quantitative estimate of drug-likeness (QED) is 0.842. The number of amides is 1. The summed E-state index contributed by atoms with van der Waals surface area (Å²) in [4.78, 5) is 22.9. The maximum atomic E-state index is 12.2. The summed E-state index contributed by atoms with van der Waals surface area (Å²) in [6.07, 6.45) is 1.22. The molecule has 1 aromatic heterocycles. The first-order valence-electron chi connectivity index (χ1n) is 7.05. The number of halogens is 1. The van der Waals surface area contributed by atoms with Gasteiger partial charge >= 0.3 is 5.97 Å². The van der Waals surface area contributed by atoms with Crippen molar-refractivity contribution in [1.29, 1.82) is 0 Å². The minimum atomic E-state index is -1.18. The third-order valence-corrected chi connectivity index (χ3v) is 3.53. The van der Waals surface area contributed by atoms with Crippen LogP contribution in [0.3, 0.4) is 0 Å². The van der Waals surface area contributed by atoms with E-state index in [1.807, 2.05) is 26.0 Å². The van der Waals surface area contributed by atoms with Crippen molar-refractivity contribution in [3.63, 3.8) is 0 Å². The number of aromatic carboxylic acids is 1. The lowest BCUT2D eigenvalue weighted by molar-refractivity contribution is -0.123. The highest BCUT2D eigenvalue weighted by Gasteiger charge is 2.19. The first kappa shape index (κ1) is 17.0. The molecule has 0 aliphatic carbocycles. The summed E-state index contributed by atoms with van der Waals surface area (Å²) in [6, 6.07) is 7.10. The molecule has 0 saturated heterocycles. The van der Waals surface area contributed by atoms with Crippen LogP contribution in [-0.4, -0.2) is 32.0 Å². The summed E-state index contributed by atoms with van der Waals surface area (Å²) < 4.78 is 1.19. The number of carbonyl (C=O) groups is 2. The minimum Gasteiger partial charge on any atom is -0.476 e. The largest absolute Gasteiger partial charge is 0.476 e. The Kier molecular flexibility index (Phi) is 5.33. The second kappa shape index (κ2) is 7.23. The van der Waals surface area contributed by atoms with E-state index in [0.717, 1.165) is 5.56 Å². The highest BCUT2D eigenvalue weighted by atomic mass is 35.5. The van der Waals surface area contributed by atoms with Gasteiger partial charge in [-0.1, -0.05) is 42.8 Å². The number of carboxylic acids is 1. The Hall–Kier alpha value is -2.41. The lowest BCUT2D eigenvalue weighted by Gasteiger charge is -2.23. The van der Waals surface area contributed by atoms with Crippen LogP contribution in [0.15, 0.2) is 30.5 Å². The third-order valence-electron chi connectivity index (χ3n) is 3.28. The summed E-state index contributed by atoms with van der Waals surface area (Å²) in [7, 11) is 0. The van der Waals surface area contributed by atoms with E-state index in [9.17, 15) is 9.59 Å². The Morgan fingerprint density at radius 3 is 2.48 bits per heavy atom. The Bertz CT molecular complexity index is 697. The smallest absolute Gasteiger partial charge is 0.358 e. The van der Waals surface area contributed by atoms with Crippen molar-refractivity contribution in [2.24, 2.45) is 5.92 Å². The molecule has 23 heavy (non-hydrogen) atoms. The molecule has 1 unspecified atom stereocenters. The van der Waals surface area contributed by atoms with Crippen LogP contribution < -0.4 is 5.32 Å². The summed E-state index contributed by atoms with van der Waals surface area (Å²) in [5.41, 5.74) is 0.749. The van der Waals surface area contributed by atoms with Crippen molar-refractivity contribution in [3.8, 4) is 0 Å². The zero-order chi connectivity index (χ0) is 17.0. The van der Waals surface area contributed by atoms with Gasteiger partial charge in [0, 0.05) is 5.02 Å². The van der Waals surface area contributed by atoms with Gasteiger partial charge < -0.3 is 10.4 Å². The number of benzene rings is 1. The molecule has 7 nitrogen and oxygen atoms in total. The monoisotopic (exact) mass is 336 g/mol. The maximum Gasteiger partial charge on any atom is 0.358 e. The van der Waals surface area contributed by atoms with Crippen LogP contribution >= 0.6 is 11.6 Å². The molecule has 1 amide bonds. The van der Waals surface area contributed by atoms with Gasteiger partial charge in [-0.15, -0.1) is 5.10 Å². The number of nitrogens with one attached hydrogen (secondary N) is 1. The van der Waals surface area contributed by atoms with E-state index >= 15 is 0 Å². The number of hydrogen-bond donors (Lipinski definition) is 2. The number of nitrogens with zero attached hydrogens (tertiary/aromatic N) is 3. The van der Waals surface area contributed by atoms with Gasteiger partial charge in [0.05, 0.1) is 12.2 Å². The standard InChI is InChI=1S/C15H17ClN4O3/c1-9(2)14(10-3-5-11(16)6-4-10)17-13(21)8-20-7-12(15(22)23)18-19-20/h3-7,9,14H,8H2,1-2H3,(H,17,21)(H,22,23). The number of aromatic nitrogens is 3. The molecule has 2 N–H and O–H groups in total. The summed E-state index contributed by atoms with van der Waals surface area (Å²) >= 11 is 5.88. The molecule has 122 valence electrons. The fourth-order valence-corrected chi connectivity index (χ4v) is 2.27. The SMILES string of the molecule is CC(C)C(NC(=O)Cn1cc(C(=O)O)nn1)c1ccc(Cl)cc1. The number of carboxylic acid groups (broad SMARTS) is 1. The molecule has 1 heterocycles. The molecule has 0 radical (unpaired) electrons. The Balaban J connectivity index is 2.05. The van der Waals surface area contributed by atoms with Crippen LogP contribution in [0, 0.1) is 5.92 Å². The molecule has 1 aromatic carbocycles. The van der Waals surface area contributed by atoms with Crippen LogP contribution in [0.25, 0.3) is 0 Å². The Labute approximate surface area is 138 Å². The lowest BCUT2D eigenvalue weighted by Crippen LogP contribution is -2.34. The van der Waals surface area contributed by atoms with E-state index < -0.39 is 5.97 Å². The molecule has 1 atom stereocenters. The van der Waals surface area contributed by atoms with Crippen molar-refractivity contribution < 1.29 is 14.7 Å². The molecular weight excluding hydrogens is 320 g/mol. The van der Waals surface area contributed by atoms with E-state index in [1.165, 1.54) is 10.9 Å². The van der Waals surface area contributed by atoms with Crippen molar-refractivity contribution in [2.75, 3.05) is 0 Å². The van der Waals surface area contributed by atoms with Gasteiger partial charge in [0.25, 0.3) is 0 Å². The molecule has 0 saturated carbocycles. The van der Waals surface area contributed by atoms with Crippen LogP contribution in [0.2, 0.25) is 5.02 Å². The molecule has 0 spiro atoms. The Morgan fingerprint density at radius 1 is 1.30 bits per heavy atom. The van der Waals surface area contributed by atoms with E-state index in [1.54, 1.807) is 12.1 Å². The van der Waals surface area contributed by atoms with Crippen LogP contribution in [0.4, 0.5) is 0 Å². The number of hydrogen-bond acceptors (Lipinski definition) is 4. The van der Waals surface area contributed by atoms with E-state index in [-0.39, 0.29) is 30.1 Å². The minimum absolute atomic E-state index is 0.100. The molecule has 2 aromatic rings. The molecular formula is C15H17ClN4O3. The van der Waals surface area contributed by atoms with Gasteiger partial charge in [0.15, 0.2) is 5.69 Å². The van der Waals surface area contributed by atoms with Crippen LogP contribution in [0.5, 0.6) is 0 Å². The second-order valence-corrected chi connectivity index (χ2v) is 5.88. The fourth-order valence-electron chi connectivity index (χ4n) is 2.14. The molecule has 0 aliphatic heterocycles. The van der Waals surface area contributed by atoms with Gasteiger partial charge in [-0.25, -0.2) is 9.48 Å². The average molecular weight is 337 g/mol. The predicted octanol–water partition coefficient (Wildman–Crippen LogP) is 2.14. The first-order chi connectivity index (χ1) is 10.9. The van der Waals surface area contributed by atoms with E-state index in [2.05, 4.69) is 15.6 Å². The zero-order valence-electron chi connectivity index (χ0n) is 12.7. The van der Waals surface area contributed by atoms with Gasteiger partial charge in [-0.2, -0.15) is 0 Å². The average Bonchev–Trinajstić information content (AvgIpc) is 2.94. The highest BCUT2D eigenvalue weighted by molar-refractivity contribution is 6.30. The van der Waals surface area contributed by atoms with E-state index in [4.69, 9.17) is 16.7 Å². The van der Waals surface area contributed by atoms with Gasteiger partial charge in [-0.05, 0) is 23.6 Å². The lowest BCUT2D eigenvalue weighted by atomic mass is 9.96. The molecule has 0 aliphatic rings. The molecule has 0 fully saturated rings. The zero-order valence-corrected chi connectivity index (χ0v) is 13.5. The summed E-state index contributed by atoms with van der Waals surface area (Å²) in [5, 5.41) is 19.4. The highest BCUT2D eigenvalue weighted by Crippen LogP contribution is 2.23. The normalized spacial score (nSPS) is 12.2. The van der Waals surface area contributed by atoms with E-state index in [0.29, 0.717) is 5.02 Å². The van der Waals surface area contributed by atoms with Gasteiger partial charge in [0.1, 0.15) is 6.54 Å². The first-order valence-corrected chi connectivity index (χ1v) is 7.43. The predicted molar refractivity (Wildman–Crippen MR) is 84.2 cm³/mol.